The Kier molecular flexibility index (Phi) is 11.7. The lowest BCUT2D eigenvalue weighted by molar-refractivity contribution is 0.174. The molecule has 0 spiro atoms. The van der Waals surface area contributed by atoms with E-state index in [-0.39, 0.29) is 0 Å². The number of hydrogen-bond donors (Lipinski definition) is 0. The molecule has 1 nitrogen and oxygen atoms in total. The maximum Gasteiger partial charge on any atom is 0.0227 e. The van der Waals surface area contributed by atoms with E-state index in [0.29, 0.717) is 0 Å². The zero-order valence-electron chi connectivity index (χ0n) is 15.7. The molecule has 0 N–H and O–H groups in total. The number of aliphatic imine (C=N–C) groups is 1. The molecule has 0 saturated carbocycles. The summed E-state index contributed by atoms with van der Waals surface area (Å²) in [6.07, 6.45) is 11.9. The summed E-state index contributed by atoms with van der Waals surface area (Å²) in [5.74, 6) is 3.23. The number of allylic oxidation sites excluding steroid dienone is 1. The Morgan fingerprint density at radius 3 is 2.00 bits per heavy atom. The van der Waals surface area contributed by atoms with Gasteiger partial charge in [-0.15, -0.1) is 0 Å². The highest BCUT2D eigenvalue weighted by atomic mass is 14.7. The zero-order chi connectivity index (χ0) is 16.3. The van der Waals surface area contributed by atoms with Gasteiger partial charge >= 0.3 is 0 Å². The molecule has 0 aromatic heterocycles. The second-order valence-electron chi connectivity index (χ2n) is 6.94. The first-order valence-electron chi connectivity index (χ1n) is 9.16. The second-order valence-corrected chi connectivity index (χ2v) is 6.94. The van der Waals surface area contributed by atoms with Gasteiger partial charge in [0, 0.05) is 11.9 Å². The Balaban J connectivity index is 4.87. The predicted molar refractivity (Wildman–Crippen MR) is 98.0 cm³/mol. The molecule has 1 heteroatoms. The summed E-state index contributed by atoms with van der Waals surface area (Å²) in [5.41, 5.74) is 1.22. The molecule has 0 aliphatic rings. The van der Waals surface area contributed by atoms with E-state index in [1.54, 1.807) is 0 Å². The van der Waals surface area contributed by atoms with E-state index in [2.05, 4.69) is 59.5 Å². The third kappa shape index (κ3) is 8.44. The highest BCUT2D eigenvalue weighted by molar-refractivity contribution is 5.82. The van der Waals surface area contributed by atoms with Crippen LogP contribution in [0.15, 0.2) is 17.3 Å². The minimum absolute atomic E-state index is 0.764. The molecular formula is C20H39N. The van der Waals surface area contributed by atoms with Crippen LogP contribution in [0, 0.1) is 23.7 Å². The van der Waals surface area contributed by atoms with Crippen molar-refractivity contribution in [1.82, 2.24) is 0 Å². The molecule has 0 fully saturated rings. The third-order valence-electron chi connectivity index (χ3n) is 4.97. The van der Waals surface area contributed by atoms with Crippen LogP contribution < -0.4 is 0 Å². The van der Waals surface area contributed by atoms with Crippen LogP contribution in [0.5, 0.6) is 0 Å². The van der Waals surface area contributed by atoms with Gasteiger partial charge in [-0.2, -0.15) is 0 Å². The minimum atomic E-state index is 0.764. The fraction of sp³-hybridized carbons (Fsp3) is 0.850. The first-order chi connectivity index (χ1) is 9.97. The largest absolute Gasteiger partial charge is 0.266 e. The van der Waals surface area contributed by atoms with Gasteiger partial charge in [0.15, 0.2) is 0 Å². The highest BCUT2D eigenvalue weighted by Crippen LogP contribution is 2.35. The van der Waals surface area contributed by atoms with Crippen molar-refractivity contribution in [1.29, 1.82) is 0 Å². The molecule has 0 aliphatic carbocycles. The summed E-state index contributed by atoms with van der Waals surface area (Å²) < 4.78 is 0. The number of hydrogen-bond acceptors (Lipinski definition) is 1. The van der Waals surface area contributed by atoms with Crippen molar-refractivity contribution >= 4 is 5.71 Å². The van der Waals surface area contributed by atoms with Gasteiger partial charge in [0.25, 0.3) is 0 Å². The van der Waals surface area contributed by atoms with E-state index >= 15 is 0 Å². The molecule has 21 heavy (non-hydrogen) atoms. The summed E-state index contributed by atoms with van der Waals surface area (Å²) >= 11 is 0. The molecule has 0 amide bonds. The van der Waals surface area contributed by atoms with Crippen molar-refractivity contribution in [2.45, 2.75) is 87.0 Å². The lowest BCUT2D eigenvalue weighted by Crippen LogP contribution is -2.25. The number of rotatable bonds is 11. The first kappa shape index (κ1) is 20.4. The minimum Gasteiger partial charge on any atom is -0.266 e. The van der Waals surface area contributed by atoms with Gasteiger partial charge in [0.2, 0.25) is 0 Å². The van der Waals surface area contributed by atoms with Crippen molar-refractivity contribution in [2.75, 3.05) is 0 Å². The van der Waals surface area contributed by atoms with Crippen LogP contribution in [0.2, 0.25) is 0 Å². The molecule has 0 bridgehead atoms. The van der Waals surface area contributed by atoms with Gasteiger partial charge in [-0.3, -0.25) is 4.99 Å². The highest BCUT2D eigenvalue weighted by Gasteiger charge is 2.26. The monoisotopic (exact) mass is 293 g/mol. The molecule has 2 unspecified atom stereocenters. The summed E-state index contributed by atoms with van der Waals surface area (Å²) in [7, 11) is 0. The van der Waals surface area contributed by atoms with E-state index in [9.17, 15) is 0 Å². The summed E-state index contributed by atoms with van der Waals surface area (Å²) in [6, 6.07) is 0. The van der Waals surface area contributed by atoms with Crippen LogP contribution in [-0.4, -0.2) is 5.71 Å². The molecule has 0 rings (SSSR count). The molecule has 0 aliphatic heterocycles. The van der Waals surface area contributed by atoms with E-state index in [1.807, 2.05) is 6.20 Å². The van der Waals surface area contributed by atoms with Gasteiger partial charge in [-0.25, -0.2) is 0 Å². The lowest BCUT2D eigenvalue weighted by atomic mass is 9.72. The fourth-order valence-corrected chi connectivity index (χ4v) is 3.13. The third-order valence-corrected chi connectivity index (χ3v) is 4.97. The summed E-state index contributed by atoms with van der Waals surface area (Å²) in [5, 5.41) is 0. The zero-order valence-corrected chi connectivity index (χ0v) is 15.7. The Bertz CT molecular complexity index is 295. The van der Waals surface area contributed by atoms with E-state index in [1.165, 1.54) is 37.8 Å². The van der Waals surface area contributed by atoms with Crippen LogP contribution in [0.25, 0.3) is 0 Å². The van der Waals surface area contributed by atoms with Crippen molar-refractivity contribution in [3.63, 3.8) is 0 Å². The molecule has 124 valence electrons. The Hall–Kier alpha value is -0.590. The maximum absolute atomic E-state index is 4.51. The van der Waals surface area contributed by atoms with Crippen LogP contribution in [0.3, 0.4) is 0 Å². The molecule has 0 aromatic rings. The molecule has 2 atom stereocenters. The second kappa shape index (κ2) is 12.0. The quantitative estimate of drug-likeness (QED) is 0.368. The molecular weight excluding hydrogens is 254 g/mol. The SMILES string of the molecule is CCCC(CCC)C(C/C=C\N=C(/C)CC)C(C)C(C)C. The lowest BCUT2D eigenvalue weighted by Gasteiger charge is -2.33. The van der Waals surface area contributed by atoms with Crippen molar-refractivity contribution in [2.24, 2.45) is 28.7 Å². The summed E-state index contributed by atoms with van der Waals surface area (Å²) in [4.78, 5) is 4.51. The van der Waals surface area contributed by atoms with Crippen LogP contribution in [0.4, 0.5) is 0 Å². The van der Waals surface area contributed by atoms with Gasteiger partial charge in [0.1, 0.15) is 0 Å². The summed E-state index contributed by atoms with van der Waals surface area (Å²) in [6.45, 7) is 16.1. The van der Waals surface area contributed by atoms with Gasteiger partial charge in [-0.05, 0) is 43.4 Å². The van der Waals surface area contributed by atoms with E-state index in [4.69, 9.17) is 0 Å². The normalized spacial score (nSPS) is 16.1. The molecule has 0 radical (unpaired) electrons. The molecule has 0 aromatic carbocycles. The maximum atomic E-state index is 4.51. The first-order valence-corrected chi connectivity index (χ1v) is 9.16. The average Bonchev–Trinajstić information content (AvgIpc) is 2.46. The fourth-order valence-electron chi connectivity index (χ4n) is 3.13. The van der Waals surface area contributed by atoms with E-state index < -0.39 is 0 Å². The van der Waals surface area contributed by atoms with Crippen molar-refractivity contribution < 1.29 is 0 Å². The Labute approximate surface area is 134 Å². The Morgan fingerprint density at radius 2 is 1.57 bits per heavy atom. The van der Waals surface area contributed by atoms with Crippen LogP contribution in [0.1, 0.15) is 87.0 Å². The standard InChI is InChI=1S/C20H39N/c1-8-12-19(13-9-2)20(18(7)16(4)5)14-11-15-21-17(6)10-3/h11,15-16,18-20H,8-10,12-14H2,1-7H3/b15-11-,21-17+. The number of nitrogens with zero attached hydrogens (tertiary/aromatic N) is 1. The smallest absolute Gasteiger partial charge is 0.0227 e. The predicted octanol–water partition coefficient (Wildman–Crippen LogP) is 6.89. The average molecular weight is 294 g/mol. The van der Waals surface area contributed by atoms with Crippen molar-refractivity contribution in [3.05, 3.63) is 12.3 Å². The topological polar surface area (TPSA) is 12.4 Å². The van der Waals surface area contributed by atoms with Crippen LogP contribution in [-0.2, 0) is 0 Å². The van der Waals surface area contributed by atoms with Crippen molar-refractivity contribution in [3.8, 4) is 0 Å². The van der Waals surface area contributed by atoms with Crippen LogP contribution >= 0.6 is 0 Å². The molecule has 0 heterocycles. The van der Waals surface area contributed by atoms with Gasteiger partial charge < -0.3 is 0 Å². The van der Waals surface area contributed by atoms with Gasteiger partial charge in [0.05, 0.1) is 0 Å². The Morgan fingerprint density at radius 1 is 1.00 bits per heavy atom. The van der Waals surface area contributed by atoms with Gasteiger partial charge in [-0.1, -0.05) is 73.3 Å². The van der Waals surface area contributed by atoms with E-state index in [0.717, 1.165) is 30.1 Å². The molecule has 0 saturated heterocycles.